The Hall–Kier alpha value is -2.18. The van der Waals surface area contributed by atoms with Crippen molar-refractivity contribution in [2.45, 2.75) is 32.9 Å². The fourth-order valence-corrected chi connectivity index (χ4v) is 2.26. The maximum atomic E-state index is 12.2. The molecule has 2 rings (SSSR count). The fraction of sp³-hybridized carbons (Fsp3) is 0.444. The van der Waals surface area contributed by atoms with Crippen LogP contribution in [0.25, 0.3) is 5.69 Å². The van der Waals surface area contributed by atoms with Crippen LogP contribution < -0.4 is 5.32 Å². The number of hydrogen-bond donors (Lipinski definition) is 1. The summed E-state index contributed by atoms with van der Waals surface area (Å²) < 4.78 is 12.6. The van der Waals surface area contributed by atoms with Crippen LogP contribution in [0.1, 0.15) is 32.4 Å². The quantitative estimate of drug-likeness (QED) is 0.717. The average Bonchev–Trinajstić information content (AvgIpc) is 3.13. The van der Waals surface area contributed by atoms with E-state index < -0.39 is 6.10 Å². The highest BCUT2D eigenvalue weighted by molar-refractivity contribution is 5.80. The SMILES string of the molecule is CCOCCO[C@H](C)C(=O)N[C@@H](C)c1ccc(-n2ccnc2)cc1. The third-order valence-electron chi connectivity index (χ3n) is 3.72. The molecule has 0 unspecified atom stereocenters. The number of rotatable bonds is 9. The highest BCUT2D eigenvalue weighted by Gasteiger charge is 2.16. The van der Waals surface area contributed by atoms with Gasteiger partial charge in [-0.1, -0.05) is 12.1 Å². The van der Waals surface area contributed by atoms with Gasteiger partial charge in [0, 0.05) is 24.7 Å². The maximum Gasteiger partial charge on any atom is 0.249 e. The molecule has 0 bridgehead atoms. The van der Waals surface area contributed by atoms with Gasteiger partial charge in [0.25, 0.3) is 0 Å². The van der Waals surface area contributed by atoms with Crippen molar-refractivity contribution in [3.63, 3.8) is 0 Å². The van der Waals surface area contributed by atoms with Crippen LogP contribution >= 0.6 is 0 Å². The third kappa shape index (κ3) is 5.18. The molecule has 0 aliphatic rings. The Kier molecular flexibility index (Phi) is 6.96. The summed E-state index contributed by atoms with van der Waals surface area (Å²) >= 11 is 0. The van der Waals surface area contributed by atoms with Gasteiger partial charge in [0.05, 0.1) is 25.6 Å². The monoisotopic (exact) mass is 331 g/mol. The summed E-state index contributed by atoms with van der Waals surface area (Å²) in [7, 11) is 0. The van der Waals surface area contributed by atoms with E-state index in [2.05, 4.69) is 10.3 Å². The first-order chi connectivity index (χ1) is 11.6. The number of nitrogens with zero attached hydrogens (tertiary/aromatic N) is 2. The zero-order valence-electron chi connectivity index (χ0n) is 14.4. The molecule has 1 N–H and O–H groups in total. The number of benzene rings is 1. The Morgan fingerprint density at radius 2 is 2.00 bits per heavy atom. The molecule has 0 aliphatic carbocycles. The molecule has 0 spiro atoms. The second kappa shape index (κ2) is 9.20. The van der Waals surface area contributed by atoms with Crippen LogP contribution in [0.4, 0.5) is 0 Å². The van der Waals surface area contributed by atoms with Crippen LogP contribution in [0.2, 0.25) is 0 Å². The first-order valence-electron chi connectivity index (χ1n) is 8.19. The number of nitrogens with one attached hydrogen (secondary N) is 1. The molecular formula is C18H25N3O3. The summed E-state index contributed by atoms with van der Waals surface area (Å²) in [6, 6.07) is 7.91. The molecule has 1 aromatic heterocycles. The van der Waals surface area contributed by atoms with Crippen molar-refractivity contribution in [1.82, 2.24) is 14.9 Å². The third-order valence-corrected chi connectivity index (χ3v) is 3.72. The molecule has 0 saturated carbocycles. The molecule has 1 amide bonds. The Morgan fingerprint density at radius 3 is 2.62 bits per heavy atom. The lowest BCUT2D eigenvalue weighted by molar-refractivity contribution is -0.133. The lowest BCUT2D eigenvalue weighted by atomic mass is 10.1. The number of amides is 1. The maximum absolute atomic E-state index is 12.2. The molecule has 6 nitrogen and oxygen atoms in total. The molecule has 1 heterocycles. The number of aromatic nitrogens is 2. The van der Waals surface area contributed by atoms with E-state index in [9.17, 15) is 4.79 Å². The Bertz CT molecular complexity index is 611. The number of carbonyl (C=O) groups is 1. The van der Waals surface area contributed by atoms with E-state index in [-0.39, 0.29) is 11.9 Å². The van der Waals surface area contributed by atoms with E-state index in [0.717, 1.165) is 11.3 Å². The minimum atomic E-state index is -0.502. The van der Waals surface area contributed by atoms with Gasteiger partial charge in [-0.3, -0.25) is 4.79 Å². The molecule has 2 aromatic rings. The molecule has 130 valence electrons. The van der Waals surface area contributed by atoms with Crippen LogP contribution in [-0.4, -0.2) is 41.4 Å². The molecule has 0 saturated heterocycles. The van der Waals surface area contributed by atoms with Crippen LogP contribution in [-0.2, 0) is 14.3 Å². The molecular weight excluding hydrogens is 306 g/mol. The lowest BCUT2D eigenvalue weighted by Gasteiger charge is -2.18. The largest absolute Gasteiger partial charge is 0.379 e. The Morgan fingerprint density at radius 1 is 1.25 bits per heavy atom. The van der Waals surface area contributed by atoms with Crippen molar-refractivity contribution >= 4 is 5.91 Å². The topological polar surface area (TPSA) is 65.4 Å². The molecule has 0 aliphatic heterocycles. The summed E-state index contributed by atoms with van der Waals surface area (Å²) in [4.78, 5) is 16.2. The number of hydrogen-bond acceptors (Lipinski definition) is 4. The number of carbonyl (C=O) groups excluding carboxylic acids is 1. The number of imidazole rings is 1. The highest BCUT2D eigenvalue weighted by atomic mass is 16.5. The first-order valence-corrected chi connectivity index (χ1v) is 8.19. The van der Waals surface area contributed by atoms with Gasteiger partial charge in [-0.25, -0.2) is 4.98 Å². The van der Waals surface area contributed by atoms with Crippen LogP contribution in [0.3, 0.4) is 0 Å². The summed E-state index contributed by atoms with van der Waals surface area (Å²) in [6.07, 6.45) is 4.88. The standard InChI is InChI=1S/C18H25N3O3/c1-4-23-11-12-24-15(3)18(22)20-14(2)16-5-7-17(8-6-16)21-10-9-19-13-21/h5-10,13-15H,4,11-12H2,1-3H3,(H,20,22)/t14-,15+/m0/s1. The summed E-state index contributed by atoms with van der Waals surface area (Å²) in [5, 5.41) is 2.97. The van der Waals surface area contributed by atoms with Gasteiger partial charge >= 0.3 is 0 Å². The van der Waals surface area contributed by atoms with Gasteiger partial charge in [0.1, 0.15) is 6.10 Å². The lowest BCUT2D eigenvalue weighted by Crippen LogP contribution is -2.36. The van der Waals surface area contributed by atoms with Crippen molar-refractivity contribution < 1.29 is 14.3 Å². The van der Waals surface area contributed by atoms with E-state index in [0.29, 0.717) is 19.8 Å². The molecule has 2 atom stereocenters. The van der Waals surface area contributed by atoms with Crippen LogP contribution in [0.5, 0.6) is 0 Å². The van der Waals surface area contributed by atoms with Crippen molar-refractivity contribution in [3.05, 3.63) is 48.5 Å². The van der Waals surface area contributed by atoms with Crippen LogP contribution in [0.15, 0.2) is 43.0 Å². The Labute approximate surface area is 142 Å². The second-order valence-electron chi connectivity index (χ2n) is 5.50. The second-order valence-corrected chi connectivity index (χ2v) is 5.50. The molecule has 0 fully saturated rings. The molecule has 24 heavy (non-hydrogen) atoms. The van der Waals surface area contributed by atoms with Gasteiger partial charge in [-0.15, -0.1) is 0 Å². The van der Waals surface area contributed by atoms with E-state index in [1.165, 1.54) is 0 Å². The van der Waals surface area contributed by atoms with Crippen molar-refractivity contribution in [1.29, 1.82) is 0 Å². The summed E-state index contributed by atoms with van der Waals surface area (Å²) in [5.41, 5.74) is 2.07. The van der Waals surface area contributed by atoms with E-state index in [4.69, 9.17) is 9.47 Å². The normalized spacial score (nSPS) is 13.5. The van der Waals surface area contributed by atoms with Crippen LogP contribution in [0, 0.1) is 0 Å². The van der Waals surface area contributed by atoms with Gasteiger partial charge in [-0.2, -0.15) is 0 Å². The highest BCUT2D eigenvalue weighted by Crippen LogP contribution is 2.16. The van der Waals surface area contributed by atoms with E-state index in [1.807, 2.05) is 48.9 Å². The fourth-order valence-electron chi connectivity index (χ4n) is 2.26. The summed E-state index contributed by atoms with van der Waals surface area (Å²) in [6.45, 7) is 7.19. The Balaban J connectivity index is 1.85. The zero-order valence-corrected chi connectivity index (χ0v) is 14.4. The summed E-state index contributed by atoms with van der Waals surface area (Å²) in [5.74, 6) is -0.127. The smallest absolute Gasteiger partial charge is 0.249 e. The van der Waals surface area contributed by atoms with Crippen molar-refractivity contribution in [2.24, 2.45) is 0 Å². The van der Waals surface area contributed by atoms with Gasteiger partial charge < -0.3 is 19.4 Å². The first kappa shape index (κ1) is 18.2. The van der Waals surface area contributed by atoms with E-state index >= 15 is 0 Å². The zero-order chi connectivity index (χ0) is 17.4. The molecule has 1 aromatic carbocycles. The minimum Gasteiger partial charge on any atom is -0.379 e. The van der Waals surface area contributed by atoms with Gasteiger partial charge in [-0.05, 0) is 38.5 Å². The van der Waals surface area contributed by atoms with Crippen molar-refractivity contribution in [2.75, 3.05) is 19.8 Å². The molecule has 6 heteroatoms. The minimum absolute atomic E-state index is 0.0905. The van der Waals surface area contributed by atoms with E-state index in [1.54, 1.807) is 19.4 Å². The van der Waals surface area contributed by atoms with Gasteiger partial charge in [0.15, 0.2) is 0 Å². The number of ether oxygens (including phenoxy) is 2. The van der Waals surface area contributed by atoms with Gasteiger partial charge in [0.2, 0.25) is 5.91 Å². The predicted octanol–water partition coefficient (Wildman–Crippen LogP) is 2.49. The molecule has 0 radical (unpaired) electrons. The van der Waals surface area contributed by atoms with Crippen molar-refractivity contribution in [3.8, 4) is 5.69 Å². The average molecular weight is 331 g/mol. The predicted molar refractivity (Wildman–Crippen MR) is 92.0 cm³/mol.